The molecule has 1 aromatic carbocycles. The standard InChI is InChI=1S/C14H17Cl2NO2S/c15-12-4-2-10(6-13(12)16)8-20(18,19)17-14-7-9-1-3-11(14)5-9/h2,4,6,9,11,14,17H,1,3,5,7-8H2/t9-,11+,14-/m0/s1. The van der Waals surface area contributed by atoms with Crippen molar-refractivity contribution in [3.8, 4) is 0 Å². The second-order valence-electron chi connectivity index (χ2n) is 5.91. The van der Waals surface area contributed by atoms with Crippen molar-refractivity contribution >= 4 is 33.2 Å². The number of benzene rings is 1. The Labute approximate surface area is 129 Å². The first-order chi connectivity index (χ1) is 9.43. The van der Waals surface area contributed by atoms with Gasteiger partial charge in [-0.2, -0.15) is 0 Å². The molecule has 110 valence electrons. The third-order valence-corrected chi connectivity index (χ3v) is 6.52. The van der Waals surface area contributed by atoms with Gasteiger partial charge in [0, 0.05) is 6.04 Å². The summed E-state index contributed by atoms with van der Waals surface area (Å²) in [6.45, 7) is 0. The van der Waals surface area contributed by atoms with Crippen LogP contribution in [0.1, 0.15) is 31.2 Å². The summed E-state index contributed by atoms with van der Waals surface area (Å²) in [6, 6.07) is 5.08. The fourth-order valence-electron chi connectivity index (χ4n) is 3.51. The monoisotopic (exact) mass is 333 g/mol. The Bertz CT molecular complexity index is 618. The third kappa shape index (κ3) is 3.14. The normalized spacial score (nSPS) is 29.0. The average Bonchev–Trinajstić information content (AvgIpc) is 2.95. The lowest BCUT2D eigenvalue weighted by molar-refractivity contribution is 0.390. The summed E-state index contributed by atoms with van der Waals surface area (Å²) in [5, 5.41) is 0.827. The van der Waals surface area contributed by atoms with Crippen molar-refractivity contribution in [1.29, 1.82) is 0 Å². The van der Waals surface area contributed by atoms with E-state index >= 15 is 0 Å². The van der Waals surface area contributed by atoms with E-state index in [1.807, 2.05) is 0 Å². The highest BCUT2D eigenvalue weighted by Gasteiger charge is 2.41. The fourth-order valence-corrected chi connectivity index (χ4v) is 5.28. The molecule has 1 aromatic rings. The van der Waals surface area contributed by atoms with Crippen molar-refractivity contribution < 1.29 is 8.42 Å². The summed E-state index contributed by atoms with van der Waals surface area (Å²) in [4.78, 5) is 0. The van der Waals surface area contributed by atoms with Crippen LogP contribution in [0.5, 0.6) is 0 Å². The van der Waals surface area contributed by atoms with Crippen LogP contribution >= 0.6 is 23.2 Å². The lowest BCUT2D eigenvalue weighted by Crippen LogP contribution is -2.39. The van der Waals surface area contributed by atoms with E-state index in [1.54, 1.807) is 18.2 Å². The first-order valence-electron chi connectivity index (χ1n) is 6.87. The summed E-state index contributed by atoms with van der Waals surface area (Å²) in [5.74, 6) is 1.21. The maximum Gasteiger partial charge on any atom is 0.216 e. The highest BCUT2D eigenvalue weighted by molar-refractivity contribution is 7.88. The molecule has 0 heterocycles. The lowest BCUT2D eigenvalue weighted by atomic mass is 9.96. The van der Waals surface area contributed by atoms with E-state index in [-0.39, 0.29) is 11.8 Å². The van der Waals surface area contributed by atoms with Gasteiger partial charge in [0.25, 0.3) is 0 Å². The minimum Gasteiger partial charge on any atom is -0.212 e. The maximum absolute atomic E-state index is 12.2. The van der Waals surface area contributed by atoms with Crippen LogP contribution in [-0.2, 0) is 15.8 Å². The van der Waals surface area contributed by atoms with Crippen LogP contribution in [0.25, 0.3) is 0 Å². The summed E-state index contributed by atoms with van der Waals surface area (Å²) in [5.41, 5.74) is 0.662. The van der Waals surface area contributed by atoms with Crippen LogP contribution in [0.4, 0.5) is 0 Å². The minimum atomic E-state index is -3.32. The Kier molecular flexibility index (Phi) is 4.01. The van der Waals surface area contributed by atoms with E-state index in [0.717, 1.165) is 18.8 Å². The summed E-state index contributed by atoms with van der Waals surface area (Å²) >= 11 is 11.8. The second kappa shape index (κ2) is 5.48. The molecule has 2 saturated carbocycles. The molecule has 2 bridgehead atoms. The minimum absolute atomic E-state index is 0.0439. The molecular formula is C14H17Cl2NO2S. The molecule has 3 rings (SSSR count). The average molecular weight is 334 g/mol. The predicted octanol–water partition coefficient (Wildman–Crippen LogP) is 3.60. The van der Waals surface area contributed by atoms with Crippen LogP contribution in [0.2, 0.25) is 10.0 Å². The van der Waals surface area contributed by atoms with Crippen LogP contribution in [-0.4, -0.2) is 14.5 Å². The highest BCUT2D eigenvalue weighted by atomic mass is 35.5. The van der Waals surface area contributed by atoms with Crippen molar-refractivity contribution in [2.24, 2.45) is 11.8 Å². The molecule has 0 amide bonds. The Morgan fingerprint density at radius 1 is 1.15 bits per heavy atom. The molecule has 0 unspecified atom stereocenters. The van der Waals surface area contributed by atoms with Crippen LogP contribution in [0.3, 0.4) is 0 Å². The van der Waals surface area contributed by atoms with Gasteiger partial charge in [-0.05, 0) is 48.8 Å². The molecule has 0 saturated heterocycles. The predicted molar refractivity (Wildman–Crippen MR) is 81.5 cm³/mol. The van der Waals surface area contributed by atoms with Gasteiger partial charge in [-0.25, -0.2) is 13.1 Å². The van der Waals surface area contributed by atoms with Crippen LogP contribution < -0.4 is 4.72 Å². The van der Waals surface area contributed by atoms with Crippen molar-refractivity contribution in [3.63, 3.8) is 0 Å². The largest absolute Gasteiger partial charge is 0.216 e. The van der Waals surface area contributed by atoms with Gasteiger partial charge in [-0.1, -0.05) is 35.7 Å². The molecule has 1 N–H and O–H groups in total. The van der Waals surface area contributed by atoms with E-state index in [0.29, 0.717) is 21.5 Å². The van der Waals surface area contributed by atoms with Crippen LogP contribution in [0.15, 0.2) is 18.2 Å². The molecule has 3 atom stereocenters. The zero-order chi connectivity index (χ0) is 14.3. The fraction of sp³-hybridized carbons (Fsp3) is 0.571. The molecule has 0 spiro atoms. The molecule has 2 fully saturated rings. The van der Waals surface area contributed by atoms with E-state index in [1.165, 1.54) is 12.8 Å². The number of hydrogen-bond acceptors (Lipinski definition) is 2. The molecule has 0 radical (unpaired) electrons. The van der Waals surface area contributed by atoms with Gasteiger partial charge < -0.3 is 0 Å². The first-order valence-corrected chi connectivity index (χ1v) is 9.28. The lowest BCUT2D eigenvalue weighted by Gasteiger charge is -2.22. The molecular weight excluding hydrogens is 317 g/mol. The first kappa shape index (κ1) is 14.6. The van der Waals surface area contributed by atoms with Gasteiger partial charge in [-0.3, -0.25) is 0 Å². The highest BCUT2D eigenvalue weighted by Crippen LogP contribution is 2.44. The van der Waals surface area contributed by atoms with E-state index in [9.17, 15) is 8.42 Å². The van der Waals surface area contributed by atoms with E-state index in [2.05, 4.69) is 4.72 Å². The number of rotatable bonds is 4. The van der Waals surface area contributed by atoms with E-state index in [4.69, 9.17) is 23.2 Å². The van der Waals surface area contributed by atoms with Crippen molar-refractivity contribution in [2.45, 2.75) is 37.5 Å². The molecule has 6 heteroatoms. The molecule has 3 nitrogen and oxygen atoms in total. The van der Waals surface area contributed by atoms with E-state index < -0.39 is 10.0 Å². The molecule has 20 heavy (non-hydrogen) atoms. The number of sulfonamides is 1. The van der Waals surface area contributed by atoms with Gasteiger partial charge in [0.15, 0.2) is 0 Å². The zero-order valence-corrected chi connectivity index (χ0v) is 13.3. The topological polar surface area (TPSA) is 46.2 Å². The van der Waals surface area contributed by atoms with Gasteiger partial charge in [0.2, 0.25) is 10.0 Å². The maximum atomic E-state index is 12.2. The number of fused-ring (bicyclic) bond motifs is 2. The van der Waals surface area contributed by atoms with Crippen molar-refractivity contribution in [1.82, 2.24) is 4.72 Å². The smallest absolute Gasteiger partial charge is 0.212 e. The van der Waals surface area contributed by atoms with Gasteiger partial charge in [0.1, 0.15) is 0 Å². The number of hydrogen-bond donors (Lipinski definition) is 1. The summed E-state index contributed by atoms with van der Waals surface area (Å²) < 4.78 is 27.3. The Hall–Kier alpha value is -0.290. The SMILES string of the molecule is O=S(=O)(Cc1ccc(Cl)c(Cl)c1)N[C@H]1C[C@H]2CC[C@@H]1C2. The Balaban J connectivity index is 1.67. The van der Waals surface area contributed by atoms with Gasteiger partial charge in [-0.15, -0.1) is 0 Å². The van der Waals surface area contributed by atoms with Gasteiger partial charge in [0.05, 0.1) is 15.8 Å². The molecule has 2 aliphatic rings. The summed E-state index contributed by atoms with van der Waals surface area (Å²) in [6.07, 6.45) is 4.59. The molecule has 0 aliphatic heterocycles. The Morgan fingerprint density at radius 2 is 1.95 bits per heavy atom. The third-order valence-electron chi connectivity index (χ3n) is 4.41. The number of halogens is 2. The molecule has 0 aromatic heterocycles. The van der Waals surface area contributed by atoms with Crippen molar-refractivity contribution in [3.05, 3.63) is 33.8 Å². The second-order valence-corrected chi connectivity index (χ2v) is 8.48. The van der Waals surface area contributed by atoms with Gasteiger partial charge >= 0.3 is 0 Å². The molecule has 2 aliphatic carbocycles. The summed E-state index contributed by atoms with van der Waals surface area (Å²) in [7, 11) is -3.32. The quantitative estimate of drug-likeness (QED) is 0.914. The Morgan fingerprint density at radius 3 is 2.55 bits per heavy atom. The van der Waals surface area contributed by atoms with Crippen molar-refractivity contribution in [2.75, 3.05) is 0 Å². The zero-order valence-electron chi connectivity index (χ0n) is 11.0. The van der Waals surface area contributed by atoms with Crippen LogP contribution in [0, 0.1) is 11.8 Å². The number of nitrogens with one attached hydrogen (secondary N) is 1.